The zero-order valence-electron chi connectivity index (χ0n) is 11.2. The first kappa shape index (κ1) is 15.6. The van der Waals surface area contributed by atoms with Gasteiger partial charge in [0.25, 0.3) is 5.69 Å². The third kappa shape index (κ3) is 3.29. The van der Waals surface area contributed by atoms with E-state index in [1.807, 2.05) is 0 Å². The molecule has 1 fully saturated rings. The molecule has 116 valence electrons. The average Bonchev–Trinajstić information content (AvgIpc) is 3.21. The smallest absolute Gasteiger partial charge is 0.341 e. The Morgan fingerprint density at radius 1 is 1.43 bits per heavy atom. The van der Waals surface area contributed by atoms with E-state index in [1.165, 1.54) is 6.07 Å². The van der Waals surface area contributed by atoms with Crippen LogP contribution in [0.5, 0.6) is 0 Å². The number of nitrogens with zero attached hydrogens (tertiary/aromatic N) is 2. The number of benzene rings is 1. The summed E-state index contributed by atoms with van der Waals surface area (Å²) in [5.74, 6) is -3.13. The summed E-state index contributed by atoms with van der Waals surface area (Å²) in [4.78, 5) is 11.2. The van der Waals surface area contributed by atoms with E-state index < -0.39 is 31.1 Å². The highest BCUT2D eigenvalue weighted by Gasteiger charge is 2.31. The van der Waals surface area contributed by atoms with Crippen molar-refractivity contribution < 1.29 is 22.1 Å². The normalized spacial score (nSPS) is 15.2. The molecule has 1 aliphatic carbocycles. The molecule has 0 unspecified atom stereocenters. The third-order valence-corrected chi connectivity index (χ3v) is 4.73. The zero-order valence-corrected chi connectivity index (χ0v) is 12.0. The molecule has 1 aromatic carbocycles. The Morgan fingerprint density at radius 2 is 2.05 bits per heavy atom. The van der Waals surface area contributed by atoms with Gasteiger partial charge in [-0.05, 0) is 30.9 Å². The monoisotopic (exact) mass is 320 g/mol. The van der Waals surface area contributed by atoms with Crippen molar-refractivity contribution in [3.05, 3.63) is 28.3 Å². The summed E-state index contributed by atoms with van der Waals surface area (Å²) in [5, 5.41) is 11.1. The molecule has 6 nitrogen and oxygen atoms in total. The van der Waals surface area contributed by atoms with Crippen molar-refractivity contribution in [1.82, 2.24) is 0 Å². The molecular formula is C12H14F2N2O4S. The fourth-order valence-corrected chi connectivity index (χ4v) is 2.78. The van der Waals surface area contributed by atoms with Gasteiger partial charge < -0.3 is 4.90 Å². The summed E-state index contributed by atoms with van der Waals surface area (Å²) in [6.07, 6.45) is 2.10. The minimum Gasteiger partial charge on any atom is -0.369 e. The number of anilines is 1. The molecular weight excluding hydrogens is 306 g/mol. The lowest BCUT2D eigenvalue weighted by molar-refractivity contribution is -0.384. The van der Waals surface area contributed by atoms with E-state index in [9.17, 15) is 27.3 Å². The molecule has 1 aromatic rings. The SMILES string of the molecule is CN(CC1CC1)c1ccc(S(=O)(=O)C(F)F)cc1[N+](=O)[O-]. The topological polar surface area (TPSA) is 80.5 Å². The predicted molar refractivity (Wildman–Crippen MR) is 72.3 cm³/mol. The molecule has 1 saturated carbocycles. The number of halogens is 2. The fourth-order valence-electron chi connectivity index (χ4n) is 2.04. The number of nitro benzene ring substituents is 1. The Hall–Kier alpha value is -1.77. The molecule has 0 spiro atoms. The van der Waals surface area contributed by atoms with Crippen LogP contribution in [-0.2, 0) is 9.84 Å². The summed E-state index contributed by atoms with van der Waals surface area (Å²) < 4.78 is 47.8. The number of hydrogen-bond acceptors (Lipinski definition) is 5. The van der Waals surface area contributed by atoms with Crippen molar-refractivity contribution in [2.75, 3.05) is 18.5 Å². The van der Waals surface area contributed by atoms with Gasteiger partial charge in [0.15, 0.2) is 0 Å². The van der Waals surface area contributed by atoms with Crippen LogP contribution in [0.4, 0.5) is 20.2 Å². The molecule has 21 heavy (non-hydrogen) atoms. The minimum absolute atomic E-state index is 0.222. The fraction of sp³-hybridized carbons (Fsp3) is 0.500. The maximum Gasteiger partial charge on any atom is 0.341 e. The van der Waals surface area contributed by atoms with E-state index in [0.29, 0.717) is 18.5 Å². The molecule has 0 atom stereocenters. The van der Waals surface area contributed by atoms with Crippen LogP contribution in [0.3, 0.4) is 0 Å². The van der Waals surface area contributed by atoms with Gasteiger partial charge in [0, 0.05) is 19.7 Å². The largest absolute Gasteiger partial charge is 0.369 e. The second-order valence-corrected chi connectivity index (χ2v) is 6.95. The van der Waals surface area contributed by atoms with E-state index in [2.05, 4.69) is 0 Å². The van der Waals surface area contributed by atoms with Crippen molar-refractivity contribution in [2.45, 2.75) is 23.5 Å². The summed E-state index contributed by atoms with van der Waals surface area (Å²) in [5.41, 5.74) is -0.264. The van der Waals surface area contributed by atoms with Gasteiger partial charge in [-0.3, -0.25) is 10.1 Å². The van der Waals surface area contributed by atoms with Gasteiger partial charge in [0.1, 0.15) is 5.69 Å². The second-order valence-electron chi connectivity index (χ2n) is 5.04. The van der Waals surface area contributed by atoms with Crippen molar-refractivity contribution in [3.63, 3.8) is 0 Å². The van der Waals surface area contributed by atoms with Crippen molar-refractivity contribution in [1.29, 1.82) is 0 Å². The predicted octanol–water partition coefficient (Wildman–Crippen LogP) is 2.44. The second kappa shape index (κ2) is 5.55. The molecule has 0 heterocycles. The zero-order chi connectivity index (χ0) is 15.8. The molecule has 0 radical (unpaired) electrons. The molecule has 1 aliphatic rings. The van der Waals surface area contributed by atoms with E-state index in [4.69, 9.17) is 0 Å². The molecule has 0 N–H and O–H groups in total. The quantitative estimate of drug-likeness (QED) is 0.594. The summed E-state index contributed by atoms with van der Waals surface area (Å²) >= 11 is 0. The van der Waals surface area contributed by atoms with Crippen LogP contribution in [-0.4, -0.2) is 32.7 Å². The Balaban J connectivity index is 2.41. The van der Waals surface area contributed by atoms with Gasteiger partial charge in [-0.2, -0.15) is 8.78 Å². The highest BCUT2D eigenvalue weighted by Crippen LogP contribution is 2.35. The number of rotatable bonds is 6. The van der Waals surface area contributed by atoms with Gasteiger partial charge in [-0.25, -0.2) is 8.42 Å². The first-order chi connectivity index (χ1) is 9.73. The molecule has 0 aliphatic heterocycles. The summed E-state index contributed by atoms with van der Waals surface area (Å²) in [6.45, 7) is 0.613. The number of nitro groups is 1. The van der Waals surface area contributed by atoms with Crippen LogP contribution >= 0.6 is 0 Å². The van der Waals surface area contributed by atoms with Crippen molar-refractivity contribution in [2.24, 2.45) is 5.92 Å². The van der Waals surface area contributed by atoms with Gasteiger partial charge >= 0.3 is 5.76 Å². The molecule has 9 heteroatoms. The van der Waals surface area contributed by atoms with E-state index in [1.54, 1.807) is 11.9 Å². The Kier molecular flexibility index (Phi) is 4.13. The van der Waals surface area contributed by atoms with Crippen LogP contribution in [0.1, 0.15) is 12.8 Å². The highest BCUT2D eigenvalue weighted by molar-refractivity contribution is 7.91. The molecule has 2 rings (SSSR count). The van der Waals surface area contributed by atoms with Gasteiger partial charge in [0.2, 0.25) is 9.84 Å². The van der Waals surface area contributed by atoms with Crippen molar-refractivity contribution in [3.8, 4) is 0 Å². The third-order valence-electron chi connectivity index (χ3n) is 3.35. The first-order valence-electron chi connectivity index (χ1n) is 6.25. The van der Waals surface area contributed by atoms with Crippen molar-refractivity contribution >= 4 is 21.2 Å². The molecule has 0 saturated heterocycles. The maximum atomic E-state index is 12.5. The Morgan fingerprint density at radius 3 is 2.52 bits per heavy atom. The summed E-state index contributed by atoms with van der Waals surface area (Å²) in [6, 6.07) is 2.88. The minimum atomic E-state index is -4.84. The molecule has 0 amide bonds. The van der Waals surface area contributed by atoms with Crippen LogP contribution in [0.25, 0.3) is 0 Å². The van der Waals surface area contributed by atoms with Gasteiger partial charge in [-0.1, -0.05) is 0 Å². The standard InChI is InChI=1S/C12H14F2N2O4S/c1-15(7-8-2-3-8)10-5-4-9(6-11(10)16(17)18)21(19,20)12(13)14/h4-6,8,12H,2-3,7H2,1H3. The summed E-state index contributed by atoms with van der Waals surface area (Å²) in [7, 11) is -3.19. The lowest BCUT2D eigenvalue weighted by Gasteiger charge is -2.19. The first-order valence-corrected chi connectivity index (χ1v) is 7.79. The van der Waals surface area contributed by atoms with E-state index in [0.717, 1.165) is 18.9 Å². The molecule has 0 bridgehead atoms. The van der Waals surface area contributed by atoms with Crippen LogP contribution in [0.2, 0.25) is 0 Å². The van der Waals surface area contributed by atoms with Gasteiger partial charge in [0.05, 0.1) is 9.82 Å². The lowest BCUT2D eigenvalue weighted by atomic mass is 10.2. The van der Waals surface area contributed by atoms with Crippen LogP contribution in [0, 0.1) is 16.0 Å². The lowest BCUT2D eigenvalue weighted by Crippen LogP contribution is -2.21. The number of hydrogen-bond donors (Lipinski definition) is 0. The Bertz CT molecular complexity index is 659. The van der Waals surface area contributed by atoms with E-state index in [-0.39, 0.29) is 5.69 Å². The maximum absolute atomic E-state index is 12.5. The highest BCUT2D eigenvalue weighted by atomic mass is 32.2. The molecule has 0 aromatic heterocycles. The number of alkyl halides is 2. The number of sulfone groups is 1. The van der Waals surface area contributed by atoms with E-state index >= 15 is 0 Å². The van der Waals surface area contributed by atoms with Crippen LogP contribution in [0.15, 0.2) is 23.1 Å². The average molecular weight is 320 g/mol. The van der Waals surface area contributed by atoms with Crippen LogP contribution < -0.4 is 4.90 Å². The Labute approximate surface area is 120 Å². The van der Waals surface area contributed by atoms with Gasteiger partial charge in [-0.15, -0.1) is 0 Å².